The zero-order valence-electron chi connectivity index (χ0n) is 12.3. The average molecular weight is 329 g/mol. The van der Waals surface area contributed by atoms with Crippen LogP contribution in [0.25, 0.3) is 0 Å². The minimum Gasteiger partial charge on any atom is -0.497 e. The van der Waals surface area contributed by atoms with Crippen LogP contribution in [0.2, 0.25) is 0 Å². The summed E-state index contributed by atoms with van der Waals surface area (Å²) in [5.41, 5.74) is 7.20. The molecule has 1 aromatic rings. The first-order valence-corrected chi connectivity index (χ1v) is 7.63. The first-order valence-electron chi connectivity index (χ1n) is 6.84. The molecule has 3 nitrogen and oxygen atoms in total. The molecule has 0 saturated heterocycles. The van der Waals surface area contributed by atoms with E-state index in [1.807, 2.05) is 12.1 Å². The molecule has 0 bridgehead atoms. The normalized spacial score (nSPS) is 13.1. The van der Waals surface area contributed by atoms with Crippen molar-refractivity contribution in [3.63, 3.8) is 0 Å². The van der Waals surface area contributed by atoms with Crippen LogP contribution in [0.15, 0.2) is 22.7 Å². The van der Waals surface area contributed by atoms with Crippen molar-refractivity contribution >= 4 is 15.9 Å². The molecule has 0 spiro atoms. The molecule has 0 aromatic heterocycles. The summed E-state index contributed by atoms with van der Waals surface area (Å²) in [7, 11) is 3.84. The molecule has 0 aliphatic heterocycles. The molecular formula is C15H25BrN2O. The number of nitrogens with zero attached hydrogens (tertiary/aromatic N) is 1. The highest BCUT2D eigenvalue weighted by Gasteiger charge is 2.23. The lowest BCUT2D eigenvalue weighted by atomic mass is 10.0. The molecule has 0 amide bonds. The van der Waals surface area contributed by atoms with Gasteiger partial charge in [-0.1, -0.05) is 29.8 Å². The number of rotatable bonds is 7. The van der Waals surface area contributed by atoms with E-state index in [1.165, 1.54) is 5.56 Å². The van der Waals surface area contributed by atoms with Crippen LogP contribution >= 0.6 is 15.9 Å². The van der Waals surface area contributed by atoms with Crippen LogP contribution in [0.5, 0.6) is 5.75 Å². The number of hydrogen-bond acceptors (Lipinski definition) is 3. The summed E-state index contributed by atoms with van der Waals surface area (Å²) in [6, 6.07) is 6.80. The minimum absolute atomic E-state index is 0.203. The Bertz CT molecular complexity index is 394. The fourth-order valence-electron chi connectivity index (χ4n) is 2.54. The highest BCUT2D eigenvalue weighted by molar-refractivity contribution is 9.10. The average Bonchev–Trinajstić information content (AvgIpc) is 2.43. The van der Waals surface area contributed by atoms with Crippen LogP contribution in [-0.2, 0) is 0 Å². The van der Waals surface area contributed by atoms with E-state index in [1.54, 1.807) is 7.11 Å². The predicted octanol–water partition coefficient (Wildman–Crippen LogP) is 3.58. The molecule has 0 fully saturated rings. The van der Waals surface area contributed by atoms with Crippen LogP contribution in [0.3, 0.4) is 0 Å². The molecule has 1 unspecified atom stereocenters. The predicted molar refractivity (Wildman–Crippen MR) is 84.6 cm³/mol. The first kappa shape index (κ1) is 16.5. The molecule has 19 heavy (non-hydrogen) atoms. The van der Waals surface area contributed by atoms with Crippen molar-refractivity contribution in [3.05, 3.63) is 28.2 Å². The summed E-state index contributed by atoms with van der Waals surface area (Å²) in [6.07, 6.45) is 2.26. The third-order valence-corrected chi connectivity index (χ3v) is 4.52. The van der Waals surface area contributed by atoms with Crippen LogP contribution in [-0.4, -0.2) is 31.6 Å². The smallest absolute Gasteiger partial charge is 0.119 e. The molecule has 2 N–H and O–H groups in total. The Labute approximate surface area is 125 Å². The second kappa shape index (κ2) is 7.88. The first-order chi connectivity index (χ1) is 9.08. The van der Waals surface area contributed by atoms with Crippen molar-refractivity contribution in [2.75, 3.05) is 20.7 Å². The Morgan fingerprint density at radius 2 is 1.95 bits per heavy atom. The van der Waals surface area contributed by atoms with E-state index >= 15 is 0 Å². The van der Waals surface area contributed by atoms with Gasteiger partial charge in [-0.3, -0.25) is 4.90 Å². The Balaban J connectivity index is 3.08. The molecule has 0 saturated carbocycles. The van der Waals surface area contributed by atoms with Gasteiger partial charge in [0.2, 0.25) is 0 Å². The largest absolute Gasteiger partial charge is 0.497 e. The van der Waals surface area contributed by atoms with Crippen molar-refractivity contribution in [1.29, 1.82) is 0 Å². The van der Waals surface area contributed by atoms with E-state index in [0.29, 0.717) is 12.6 Å². The Morgan fingerprint density at radius 1 is 1.32 bits per heavy atom. The molecule has 1 aromatic carbocycles. The molecular weight excluding hydrogens is 304 g/mol. The van der Waals surface area contributed by atoms with Gasteiger partial charge in [0.05, 0.1) is 7.11 Å². The van der Waals surface area contributed by atoms with Crippen LogP contribution in [0, 0.1) is 0 Å². The van der Waals surface area contributed by atoms with Crippen molar-refractivity contribution in [1.82, 2.24) is 4.90 Å². The monoisotopic (exact) mass is 328 g/mol. The Kier molecular flexibility index (Phi) is 6.83. The maximum Gasteiger partial charge on any atom is 0.119 e. The van der Waals surface area contributed by atoms with Crippen LogP contribution < -0.4 is 10.5 Å². The van der Waals surface area contributed by atoms with Gasteiger partial charge in [0.1, 0.15) is 5.75 Å². The number of methoxy groups -OCH3 is 1. The fourth-order valence-corrected chi connectivity index (χ4v) is 3.05. The molecule has 108 valence electrons. The Hall–Kier alpha value is -0.580. The number of nitrogens with two attached hydrogens (primary N) is 1. The molecule has 1 atom stereocenters. The highest BCUT2D eigenvalue weighted by atomic mass is 79.9. The molecule has 1 rings (SSSR count). The van der Waals surface area contributed by atoms with Gasteiger partial charge in [0, 0.05) is 23.1 Å². The van der Waals surface area contributed by atoms with Crippen LogP contribution in [0.1, 0.15) is 38.3 Å². The van der Waals surface area contributed by atoms with E-state index in [9.17, 15) is 0 Å². The zero-order valence-corrected chi connectivity index (χ0v) is 13.9. The number of likely N-dealkylation sites (N-methyl/N-ethyl adjacent to an activating group) is 1. The van der Waals surface area contributed by atoms with Gasteiger partial charge in [-0.25, -0.2) is 0 Å². The SMILES string of the molecule is CCC(CC)N(C)C(CN)c1cc(OC)ccc1Br. The third-order valence-electron chi connectivity index (χ3n) is 3.80. The summed E-state index contributed by atoms with van der Waals surface area (Å²) in [4.78, 5) is 2.37. The lowest BCUT2D eigenvalue weighted by Crippen LogP contribution is -2.38. The zero-order chi connectivity index (χ0) is 14.4. The van der Waals surface area contributed by atoms with Crippen molar-refractivity contribution in [2.45, 2.75) is 38.8 Å². The highest BCUT2D eigenvalue weighted by Crippen LogP contribution is 2.31. The lowest BCUT2D eigenvalue weighted by molar-refractivity contribution is 0.167. The van der Waals surface area contributed by atoms with Gasteiger partial charge in [0.25, 0.3) is 0 Å². The summed E-state index contributed by atoms with van der Waals surface area (Å²) < 4.78 is 6.40. The van der Waals surface area contributed by atoms with Gasteiger partial charge in [0.15, 0.2) is 0 Å². The number of hydrogen-bond donors (Lipinski definition) is 1. The standard InChI is InChI=1S/C15H25BrN2O/c1-5-11(6-2)18(3)15(10-17)13-9-12(19-4)7-8-14(13)16/h7-9,11,15H,5-6,10,17H2,1-4H3. The molecule has 0 aliphatic carbocycles. The fraction of sp³-hybridized carbons (Fsp3) is 0.600. The summed E-state index contributed by atoms with van der Waals surface area (Å²) in [5.74, 6) is 0.870. The summed E-state index contributed by atoms with van der Waals surface area (Å²) >= 11 is 3.62. The maximum atomic E-state index is 6.01. The van der Waals surface area contributed by atoms with Gasteiger partial charge in [-0.2, -0.15) is 0 Å². The van der Waals surface area contributed by atoms with E-state index in [0.717, 1.165) is 23.1 Å². The van der Waals surface area contributed by atoms with Gasteiger partial charge in [-0.05, 0) is 43.7 Å². The maximum absolute atomic E-state index is 6.01. The van der Waals surface area contributed by atoms with Crippen molar-refractivity contribution in [2.24, 2.45) is 5.73 Å². The van der Waals surface area contributed by atoms with Crippen molar-refractivity contribution < 1.29 is 4.74 Å². The van der Waals surface area contributed by atoms with Gasteiger partial charge >= 0.3 is 0 Å². The number of halogens is 1. The summed E-state index contributed by atoms with van der Waals surface area (Å²) in [5, 5.41) is 0. The number of ether oxygens (including phenoxy) is 1. The topological polar surface area (TPSA) is 38.5 Å². The third kappa shape index (κ3) is 3.94. The van der Waals surface area contributed by atoms with E-state index < -0.39 is 0 Å². The van der Waals surface area contributed by atoms with Gasteiger partial charge in [-0.15, -0.1) is 0 Å². The number of benzene rings is 1. The van der Waals surface area contributed by atoms with Gasteiger partial charge < -0.3 is 10.5 Å². The lowest BCUT2D eigenvalue weighted by Gasteiger charge is -2.34. The van der Waals surface area contributed by atoms with E-state index in [-0.39, 0.29) is 6.04 Å². The second-order valence-electron chi connectivity index (χ2n) is 4.77. The quantitative estimate of drug-likeness (QED) is 0.831. The van der Waals surface area contributed by atoms with E-state index in [4.69, 9.17) is 10.5 Å². The molecule has 0 aliphatic rings. The van der Waals surface area contributed by atoms with Crippen LogP contribution in [0.4, 0.5) is 0 Å². The molecule has 4 heteroatoms. The minimum atomic E-state index is 0.203. The van der Waals surface area contributed by atoms with E-state index in [2.05, 4.69) is 47.8 Å². The molecule has 0 radical (unpaired) electrons. The van der Waals surface area contributed by atoms with Crippen molar-refractivity contribution in [3.8, 4) is 5.75 Å². The second-order valence-corrected chi connectivity index (χ2v) is 5.63. The summed E-state index contributed by atoms with van der Waals surface area (Å²) in [6.45, 7) is 5.04. The Morgan fingerprint density at radius 3 is 2.42 bits per heavy atom. The molecule has 0 heterocycles.